The molecule has 0 radical (unpaired) electrons. The van der Waals surface area contributed by atoms with Crippen LogP contribution in [0.25, 0.3) is 0 Å². The normalized spacial score (nSPS) is 10.9. The van der Waals surface area contributed by atoms with E-state index in [0.717, 1.165) is 6.54 Å². The molecule has 1 N–H and O–H groups in total. The van der Waals surface area contributed by atoms with E-state index >= 15 is 0 Å². The summed E-state index contributed by atoms with van der Waals surface area (Å²) >= 11 is 0. The Hall–Kier alpha value is -0.530. The molecule has 0 aliphatic carbocycles. The van der Waals surface area contributed by atoms with Crippen LogP contribution in [0.3, 0.4) is 0 Å². The Kier molecular flexibility index (Phi) is 16.1. The van der Waals surface area contributed by atoms with Crippen molar-refractivity contribution < 1.29 is 23.7 Å². The quantitative estimate of drug-likeness (QED) is 0.421. The second kappa shape index (κ2) is 16.5. The molecule has 0 bridgehead atoms. The van der Waals surface area contributed by atoms with E-state index in [9.17, 15) is 4.79 Å². The Bertz CT molecular complexity index is 214. The zero-order valence-electron chi connectivity index (χ0n) is 12.8. The zero-order chi connectivity index (χ0) is 14.9. The number of ether oxygens (including phenoxy) is 4. The van der Waals surface area contributed by atoms with Gasteiger partial charge in [-0.25, -0.2) is 0 Å². The van der Waals surface area contributed by atoms with E-state index < -0.39 is 0 Å². The first kappa shape index (κ1) is 19.5. The predicted molar refractivity (Wildman–Crippen MR) is 77.1 cm³/mol. The second-order valence-electron chi connectivity index (χ2n) is 4.20. The van der Waals surface area contributed by atoms with Gasteiger partial charge < -0.3 is 24.3 Å². The van der Waals surface area contributed by atoms with Crippen LogP contribution in [0.4, 0.5) is 0 Å². The van der Waals surface area contributed by atoms with Crippen molar-refractivity contribution in [3.8, 4) is 0 Å². The van der Waals surface area contributed by atoms with Crippen LogP contribution in [-0.4, -0.2) is 72.2 Å². The highest BCUT2D eigenvalue weighted by molar-refractivity contribution is 5.78. The van der Waals surface area contributed by atoms with E-state index in [2.05, 4.69) is 5.32 Å². The summed E-state index contributed by atoms with van der Waals surface area (Å²) in [5.41, 5.74) is 0. The predicted octanol–water partition coefficient (Wildman–Crippen LogP) is 0.641. The van der Waals surface area contributed by atoms with Gasteiger partial charge in [-0.2, -0.15) is 0 Å². The van der Waals surface area contributed by atoms with E-state index in [0.29, 0.717) is 65.7 Å². The van der Waals surface area contributed by atoms with Gasteiger partial charge in [0.15, 0.2) is 0 Å². The van der Waals surface area contributed by atoms with Gasteiger partial charge in [0, 0.05) is 19.4 Å². The van der Waals surface area contributed by atoms with Crippen molar-refractivity contribution >= 4 is 5.78 Å². The van der Waals surface area contributed by atoms with Gasteiger partial charge in [-0.15, -0.1) is 0 Å². The fraction of sp³-hybridized carbons (Fsp3) is 0.929. The summed E-state index contributed by atoms with van der Waals surface area (Å²) in [6.07, 6.45) is 1.07. The summed E-state index contributed by atoms with van der Waals surface area (Å²) < 4.78 is 21.2. The van der Waals surface area contributed by atoms with Crippen LogP contribution < -0.4 is 5.32 Å². The number of carbonyl (C=O) groups excluding carboxylic acids is 1. The standard InChI is InChI=1S/C14H29NO5/c1-3-14(16)4-6-17-8-10-19-12-13-20-11-9-18-7-5-15-2/h15H,3-13H2,1-2H3. The first-order valence-corrected chi connectivity index (χ1v) is 7.28. The second-order valence-corrected chi connectivity index (χ2v) is 4.20. The number of ketones is 1. The fourth-order valence-electron chi connectivity index (χ4n) is 1.30. The number of likely N-dealkylation sites (N-methyl/N-ethyl adjacent to an activating group) is 1. The molecule has 0 aromatic heterocycles. The third kappa shape index (κ3) is 15.5. The van der Waals surface area contributed by atoms with Crippen molar-refractivity contribution in [2.24, 2.45) is 0 Å². The summed E-state index contributed by atoms with van der Waals surface area (Å²) in [7, 11) is 1.89. The van der Waals surface area contributed by atoms with Crippen molar-refractivity contribution in [3.05, 3.63) is 0 Å². The molecule has 0 saturated heterocycles. The summed E-state index contributed by atoms with van der Waals surface area (Å²) in [6.45, 7) is 7.25. The number of carbonyl (C=O) groups is 1. The van der Waals surface area contributed by atoms with Gasteiger partial charge >= 0.3 is 0 Å². The minimum Gasteiger partial charge on any atom is -0.379 e. The molecule has 120 valence electrons. The van der Waals surface area contributed by atoms with E-state index in [-0.39, 0.29) is 5.78 Å². The Morgan fingerprint density at radius 2 is 1.25 bits per heavy atom. The van der Waals surface area contributed by atoms with Gasteiger partial charge in [0.05, 0.1) is 52.9 Å². The maximum absolute atomic E-state index is 11.0. The molecule has 0 atom stereocenters. The maximum Gasteiger partial charge on any atom is 0.134 e. The summed E-state index contributed by atoms with van der Waals surface area (Å²) in [5, 5.41) is 3.00. The molecule has 0 amide bonds. The summed E-state index contributed by atoms with van der Waals surface area (Å²) in [6, 6.07) is 0. The summed E-state index contributed by atoms with van der Waals surface area (Å²) in [5.74, 6) is 0.233. The lowest BCUT2D eigenvalue weighted by Crippen LogP contribution is -2.17. The Morgan fingerprint density at radius 3 is 1.70 bits per heavy atom. The zero-order valence-corrected chi connectivity index (χ0v) is 12.8. The van der Waals surface area contributed by atoms with Crippen LogP contribution in [0, 0.1) is 0 Å². The molecular formula is C14H29NO5. The van der Waals surface area contributed by atoms with E-state index in [1.54, 1.807) is 0 Å². The maximum atomic E-state index is 11.0. The minimum absolute atomic E-state index is 0.233. The summed E-state index contributed by atoms with van der Waals surface area (Å²) in [4.78, 5) is 11.0. The van der Waals surface area contributed by atoms with Gasteiger partial charge in [0.2, 0.25) is 0 Å². The van der Waals surface area contributed by atoms with E-state index in [1.165, 1.54) is 0 Å². The van der Waals surface area contributed by atoms with E-state index in [1.807, 2.05) is 14.0 Å². The van der Waals surface area contributed by atoms with Crippen LogP contribution >= 0.6 is 0 Å². The average molecular weight is 291 g/mol. The van der Waals surface area contributed by atoms with Crippen LogP contribution in [0.5, 0.6) is 0 Å². The third-order valence-electron chi connectivity index (χ3n) is 2.53. The molecule has 0 aromatic rings. The van der Waals surface area contributed by atoms with Crippen LogP contribution in [0.1, 0.15) is 19.8 Å². The Labute approximate surface area is 122 Å². The van der Waals surface area contributed by atoms with Gasteiger partial charge in [0.1, 0.15) is 5.78 Å². The van der Waals surface area contributed by atoms with Gasteiger partial charge in [-0.05, 0) is 7.05 Å². The molecule has 0 aliphatic heterocycles. The molecule has 0 heterocycles. The molecular weight excluding hydrogens is 262 g/mol. The molecule has 0 fully saturated rings. The highest BCUT2D eigenvalue weighted by atomic mass is 16.6. The SMILES string of the molecule is CCC(=O)CCOCCOCCOCCOCCNC. The van der Waals surface area contributed by atoms with Crippen molar-refractivity contribution in [1.29, 1.82) is 0 Å². The minimum atomic E-state index is 0.233. The van der Waals surface area contributed by atoms with Crippen molar-refractivity contribution in [2.45, 2.75) is 19.8 Å². The number of hydrogen-bond donors (Lipinski definition) is 1. The number of nitrogens with one attached hydrogen (secondary N) is 1. The highest BCUT2D eigenvalue weighted by Gasteiger charge is 1.97. The molecule has 0 saturated carbocycles. The Balaban J connectivity index is 2.97. The van der Waals surface area contributed by atoms with Crippen molar-refractivity contribution in [2.75, 3.05) is 66.4 Å². The third-order valence-corrected chi connectivity index (χ3v) is 2.53. The number of rotatable bonds is 16. The number of hydrogen-bond acceptors (Lipinski definition) is 6. The van der Waals surface area contributed by atoms with Gasteiger partial charge in [0.25, 0.3) is 0 Å². The molecule has 0 rings (SSSR count). The lowest BCUT2D eigenvalue weighted by Gasteiger charge is -2.07. The van der Waals surface area contributed by atoms with Crippen molar-refractivity contribution in [3.63, 3.8) is 0 Å². The molecule has 0 spiro atoms. The molecule has 0 unspecified atom stereocenters. The van der Waals surface area contributed by atoms with Crippen LogP contribution in [0.15, 0.2) is 0 Å². The van der Waals surface area contributed by atoms with E-state index in [4.69, 9.17) is 18.9 Å². The molecule has 20 heavy (non-hydrogen) atoms. The van der Waals surface area contributed by atoms with Gasteiger partial charge in [-0.3, -0.25) is 4.79 Å². The average Bonchev–Trinajstić information content (AvgIpc) is 2.47. The van der Waals surface area contributed by atoms with Crippen LogP contribution in [-0.2, 0) is 23.7 Å². The lowest BCUT2D eigenvalue weighted by molar-refractivity contribution is -0.120. The topological polar surface area (TPSA) is 66.0 Å². The monoisotopic (exact) mass is 291 g/mol. The smallest absolute Gasteiger partial charge is 0.134 e. The molecule has 6 heteroatoms. The van der Waals surface area contributed by atoms with Gasteiger partial charge in [-0.1, -0.05) is 6.92 Å². The number of Topliss-reactive ketones (excluding diaryl/α,β-unsaturated/α-hetero) is 1. The highest BCUT2D eigenvalue weighted by Crippen LogP contribution is 1.90. The molecule has 0 aliphatic rings. The Morgan fingerprint density at radius 1 is 0.800 bits per heavy atom. The first-order chi connectivity index (χ1) is 9.81. The first-order valence-electron chi connectivity index (χ1n) is 7.28. The molecule has 0 aromatic carbocycles. The molecule has 6 nitrogen and oxygen atoms in total. The van der Waals surface area contributed by atoms with Crippen LogP contribution in [0.2, 0.25) is 0 Å². The lowest BCUT2D eigenvalue weighted by atomic mass is 10.2. The largest absolute Gasteiger partial charge is 0.379 e. The van der Waals surface area contributed by atoms with Crippen molar-refractivity contribution in [1.82, 2.24) is 5.32 Å². The fourth-order valence-corrected chi connectivity index (χ4v) is 1.30.